The summed E-state index contributed by atoms with van der Waals surface area (Å²) in [6.45, 7) is 4.53. The first-order valence-corrected chi connectivity index (χ1v) is 10.6. The number of halogens is 1. The lowest BCUT2D eigenvalue weighted by molar-refractivity contribution is 0.0953. The van der Waals surface area contributed by atoms with Crippen molar-refractivity contribution in [2.45, 2.75) is 18.7 Å². The second kappa shape index (κ2) is 8.38. The Hall–Kier alpha value is -2.29. The zero-order chi connectivity index (χ0) is 20.3. The number of carbonyl (C=O) groups is 1. The number of rotatable bonds is 6. The van der Waals surface area contributed by atoms with Crippen molar-refractivity contribution in [2.24, 2.45) is 0 Å². The molecule has 0 atom stereocenters. The molecule has 1 aliphatic heterocycles. The number of carbonyl (C=O) groups excluding carboxylic acids is 1. The van der Waals surface area contributed by atoms with Gasteiger partial charge in [-0.25, -0.2) is 13.1 Å². The van der Waals surface area contributed by atoms with Crippen molar-refractivity contribution in [3.8, 4) is 11.5 Å². The molecular weight excluding hydrogens is 404 g/mol. The molecule has 7 nitrogen and oxygen atoms in total. The maximum absolute atomic E-state index is 12.5. The van der Waals surface area contributed by atoms with Crippen LogP contribution < -0.4 is 19.5 Å². The Morgan fingerprint density at radius 3 is 2.64 bits per heavy atom. The topological polar surface area (TPSA) is 93.7 Å². The Kier molecular flexibility index (Phi) is 6.12. The molecule has 0 spiro atoms. The lowest BCUT2D eigenvalue weighted by atomic mass is 10.2. The molecule has 0 aliphatic carbocycles. The van der Waals surface area contributed by atoms with Gasteiger partial charge >= 0.3 is 0 Å². The molecule has 0 aromatic heterocycles. The predicted molar refractivity (Wildman–Crippen MR) is 106 cm³/mol. The van der Waals surface area contributed by atoms with E-state index in [2.05, 4.69) is 10.0 Å². The summed E-state index contributed by atoms with van der Waals surface area (Å²) in [5.74, 6) is 0.454. The zero-order valence-corrected chi connectivity index (χ0v) is 17.1. The highest BCUT2D eigenvalue weighted by molar-refractivity contribution is 7.89. The maximum atomic E-state index is 12.5. The average molecular weight is 425 g/mol. The standard InChI is InChI=1S/C19H21ClN2O5S/c1-12-3-4-13(2)17(9-12)28(24,25)22-6-5-21-19(23)14-10-15(20)18-16(11-14)26-7-8-27-18/h3-4,9-11,22H,5-8H2,1-2H3,(H,21,23). The fourth-order valence-electron chi connectivity index (χ4n) is 2.78. The molecule has 3 rings (SSSR count). The maximum Gasteiger partial charge on any atom is 0.251 e. The minimum Gasteiger partial charge on any atom is -0.486 e. The van der Waals surface area contributed by atoms with E-state index in [4.69, 9.17) is 21.1 Å². The second-order valence-corrected chi connectivity index (χ2v) is 8.55. The molecule has 0 fully saturated rings. The lowest BCUT2D eigenvalue weighted by Crippen LogP contribution is -2.35. The van der Waals surface area contributed by atoms with Gasteiger partial charge in [-0.3, -0.25) is 4.79 Å². The van der Waals surface area contributed by atoms with Gasteiger partial charge in [-0.15, -0.1) is 0 Å². The number of hydrogen-bond donors (Lipinski definition) is 2. The van der Waals surface area contributed by atoms with E-state index in [-0.39, 0.29) is 28.9 Å². The molecule has 9 heteroatoms. The number of aryl methyl sites for hydroxylation is 2. The smallest absolute Gasteiger partial charge is 0.251 e. The Balaban J connectivity index is 1.59. The van der Waals surface area contributed by atoms with Crippen LogP contribution in [0.25, 0.3) is 0 Å². The van der Waals surface area contributed by atoms with E-state index in [0.717, 1.165) is 5.56 Å². The summed E-state index contributed by atoms with van der Waals surface area (Å²) in [5.41, 5.74) is 1.83. The minimum absolute atomic E-state index is 0.0553. The SMILES string of the molecule is Cc1ccc(C)c(S(=O)(=O)NCCNC(=O)c2cc(Cl)c3c(c2)OCCO3)c1. The summed E-state index contributed by atoms with van der Waals surface area (Å²) in [5, 5.41) is 2.95. The fourth-order valence-corrected chi connectivity index (χ4v) is 4.40. The Bertz CT molecular complexity index is 1010. The van der Waals surface area contributed by atoms with Crippen LogP contribution in [0.5, 0.6) is 11.5 Å². The number of amides is 1. The highest BCUT2D eigenvalue weighted by atomic mass is 35.5. The van der Waals surface area contributed by atoms with Crippen molar-refractivity contribution < 1.29 is 22.7 Å². The largest absolute Gasteiger partial charge is 0.486 e. The number of fused-ring (bicyclic) bond motifs is 1. The van der Waals surface area contributed by atoms with Crippen LogP contribution in [0.4, 0.5) is 0 Å². The molecule has 1 amide bonds. The molecule has 1 aliphatic rings. The second-order valence-electron chi connectivity index (χ2n) is 6.40. The van der Waals surface area contributed by atoms with E-state index in [1.54, 1.807) is 25.1 Å². The van der Waals surface area contributed by atoms with Crippen LogP contribution >= 0.6 is 11.6 Å². The normalized spacial score (nSPS) is 13.2. The predicted octanol–water partition coefficient (Wildman–Crippen LogP) is 2.44. The van der Waals surface area contributed by atoms with E-state index in [1.165, 1.54) is 6.07 Å². The first kappa shape index (κ1) is 20.4. The number of benzene rings is 2. The fraction of sp³-hybridized carbons (Fsp3) is 0.316. The average Bonchev–Trinajstić information content (AvgIpc) is 2.67. The quantitative estimate of drug-likeness (QED) is 0.694. The third-order valence-electron chi connectivity index (χ3n) is 4.19. The minimum atomic E-state index is -3.65. The molecule has 0 saturated carbocycles. The number of nitrogens with one attached hydrogen (secondary N) is 2. The molecule has 2 aromatic carbocycles. The van der Waals surface area contributed by atoms with Gasteiger partial charge in [0.25, 0.3) is 5.91 Å². The molecule has 0 bridgehead atoms. The zero-order valence-electron chi connectivity index (χ0n) is 15.5. The molecule has 0 radical (unpaired) electrons. The van der Waals surface area contributed by atoms with Crippen LogP contribution in [0.1, 0.15) is 21.5 Å². The van der Waals surface area contributed by atoms with Gasteiger partial charge < -0.3 is 14.8 Å². The first-order chi connectivity index (χ1) is 13.3. The van der Waals surface area contributed by atoms with E-state index in [9.17, 15) is 13.2 Å². The summed E-state index contributed by atoms with van der Waals surface area (Å²) in [6, 6.07) is 8.28. The van der Waals surface area contributed by atoms with Crippen LogP contribution in [0.3, 0.4) is 0 Å². The number of hydrogen-bond acceptors (Lipinski definition) is 5. The summed E-state index contributed by atoms with van der Waals surface area (Å²) >= 11 is 6.13. The third-order valence-corrected chi connectivity index (χ3v) is 6.08. The summed E-state index contributed by atoms with van der Waals surface area (Å²) < 4.78 is 38.3. The highest BCUT2D eigenvalue weighted by Gasteiger charge is 2.20. The summed E-state index contributed by atoms with van der Waals surface area (Å²) in [7, 11) is -3.65. The van der Waals surface area contributed by atoms with Gasteiger partial charge in [0.1, 0.15) is 13.2 Å². The molecule has 0 unspecified atom stereocenters. The number of sulfonamides is 1. The van der Waals surface area contributed by atoms with Crippen LogP contribution in [-0.2, 0) is 10.0 Å². The summed E-state index contributed by atoms with van der Waals surface area (Å²) in [6.07, 6.45) is 0. The van der Waals surface area contributed by atoms with Crippen LogP contribution in [0.15, 0.2) is 35.2 Å². The van der Waals surface area contributed by atoms with Gasteiger partial charge in [0.05, 0.1) is 9.92 Å². The monoisotopic (exact) mass is 424 g/mol. The Labute approximate surface area is 169 Å². The molecule has 150 valence electrons. The highest BCUT2D eigenvalue weighted by Crippen LogP contribution is 2.38. The molecule has 2 N–H and O–H groups in total. The van der Waals surface area contributed by atoms with Crippen molar-refractivity contribution in [3.63, 3.8) is 0 Å². The molecule has 1 heterocycles. The lowest BCUT2D eigenvalue weighted by Gasteiger charge is -2.20. The molecular formula is C19H21ClN2O5S. The van der Waals surface area contributed by atoms with Crippen molar-refractivity contribution in [2.75, 3.05) is 26.3 Å². The van der Waals surface area contributed by atoms with Gasteiger partial charge in [-0.05, 0) is 43.2 Å². The van der Waals surface area contributed by atoms with E-state index in [0.29, 0.717) is 35.8 Å². The van der Waals surface area contributed by atoms with Crippen LogP contribution in [0.2, 0.25) is 5.02 Å². The van der Waals surface area contributed by atoms with Gasteiger partial charge in [0.2, 0.25) is 10.0 Å². The van der Waals surface area contributed by atoms with Crippen molar-refractivity contribution in [1.29, 1.82) is 0 Å². The van der Waals surface area contributed by atoms with E-state index in [1.807, 2.05) is 13.0 Å². The van der Waals surface area contributed by atoms with E-state index >= 15 is 0 Å². The molecule has 0 saturated heterocycles. The van der Waals surface area contributed by atoms with Gasteiger partial charge in [-0.1, -0.05) is 23.7 Å². The first-order valence-electron chi connectivity index (χ1n) is 8.72. The summed E-state index contributed by atoms with van der Waals surface area (Å²) in [4.78, 5) is 12.6. The van der Waals surface area contributed by atoms with Crippen molar-refractivity contribution in [3.05, 3.63) is 52.0 Å². The Morgan fingerprint density at radius 2 is 1.86 bits per heavy atom. The molecule has 2 aromatic rings. The number of ether oxygens (including phenoxy) is 2. The molecule has 28 heavy (non-hydrogen) atoms. The Morgan fingerprint density at radius 1 is 1.11 bits per heavy atom. The van der Waals surface area contributed by atoms with Gasteiger partial charge in [-0.2, -0.15) is 0 Å². The van der Waals surface area contributed by atoms with Gasteiger partial charge in [0, 0.05) is 18.7 Å². The third kappa shape index (κ3) is 4.57. The van der Waals surface area contributed by atoms with Crippen molar-refractivity contribution >= 4 is 27.5 Å². The van der Waals surface area contributed by atoms with Crippen molar-refractivity contribution in [1.82, 2.24) is 10.0 Å². The van der Waals surface area contributed by atoms with Gasteiger partial charge in [0.15, 0.2) is 11.5 Å². The van der Waals surface area contributed by atoms with Crippen LogP contribution in [-0.4, -0.2) is 40.6 Å². The van der Waals surface area contributed by atoms with Crippen LogP contribution in [0, 0.1) is 13.8 Å². The van der Waals surface area contributed by atoms with E-state index < -0.39 is 10.0 Å².